The maximum absolute atomic E-state index is 12.8. The molecule has 266 valence electrons. The van der Waals surface area contributed by atoms with E-state index in [1.54, 1.807) is 48.7 Å². The first-order valence-corrected chi connectivity index (χ1v) is 16.0. The van der Waals surface area contributed by atoms with Gasteiger partial charge in [0.15, 0.2) is 40.3 Å². The lowest BCUT2D eigenvalue weighted by atomic mass is 10.0. The molecule has 4 aromatic carbocycles. The van der Waals surface area contributed by atoms with Crippen LogP contribution in [0.2, 0.25) is 0 Å². The molecule has 1 aliphatic heterocycles. The fourth-order valence-corrected chi connectivity index (χ4v) is 5.66. The first-order valence-electron chi connectivity index (χ1n) is 16.0. The number of hydrogen-bond acceptors (Lipinski definition) is 12. The second kappa shape index (κ2) is 15.5. The van der Waals surface area contributed by atoms with Crippen LogP contribution in [0.4, 0.5) is 5.69 Å². The quantitative estimate of drug-likeness (QED) is 0.112. The summed E-state index contributed by atoms with van der Waals surface area (Å²) in [5, 5.41) is 10.6. The van der Waals surface area contributed by atoms with Crippen molar-refractivity contribution in [1.29, 1.82) is 0 Å². The van der Waals surface area contributed by atoms with E-state index in [1.807, 2.05) is 66.7 Å². The number of carbonyl (C=O) groups is 1. The zero-order valence-corrected chi connectivity index (χ0v) is 29.2. The molecule has 0 saturated carbocycles. The SMILES string of the molecule is COc1ccc2c(c1)C(=O)NC(c1ccc(OCCCOc3cc(-c4cc(-c5cc(OC)c(OC)c(OC)c5)no4)ccc3OC)c(OC)c1)N2. The summed E-state index contributed by atoms with van der Waals surface area (Å²) in [5.74, 6) is 4.69. The van der Waals surface area contributed by atoms with Gasteiger partial charge >= 0.3 is 0 Å². The molecule has 13 nitrogen and oxygen atoms in total. The van der Waals surface area contributed by atoms with E-state index in [9.17, 15) is 4.79 Å². The Kier molecular flexibility index (Phi) is 10.5. The maximum atomic E-state index is 12.8. The minimum Gasteiger partial charge on any atom is -0.497 e. The van der Waals surface area contributed by atoms with Crippen LogP contribution in [0.25, 0.3) is 22.6 Å². The molecule has 0 saturated heterocycles. The normalized spacial score (nSPS) is 13.3. The molecule has 1 unspecified atom stereocenters. The van der Waals surface area contributed by atoms with Gasteiger partial charge in [-0.3, -0.25) is 4.79 Å². The molecular formula is C38H39N3O10. The largest absolute Gasteiger partial charge is 0.497 e. The van der Waals surface area contributed by atoms with Gasteiger partial charge in [-0.15, -0.1) is 0 Å². The monoisotopic (exact) mass is 697 g/mol. The Balaban J connectivity index is 1.07. The van der Waals surface area contributed by atoms with Crippen molar-refractivity contribution >= 4 is 11.6 Å². The van der Waals surface area contributed by atoms with E-state index in [4.69, 9.17) is 42.4 Å². The van der Waals surface area contributed by atoms with Gasteiger partial charge in [-0.1, -0.05) is 11.2 Å². The number of hydrogen-bond donors (Lipinski definition) is 2. The fraction of sp³-hybridized carbons (Fsp3) is 0.263. The van der Waals surface area contributed by atoms with E-state index < -0.39 is 6.17 Å². The highest BCUT2D eigenvalue weighted by molar-refractivity contribution is 6.02. The predicted octanol–water partition coefficient (Wildman–Crippen LogP) is 6.76. The van der Waals surface area contributed by atoms with Gasteiger partial charge in [0.1, 0.15) is 17.6 Å². The third kappa shape index (κ3) is 7.37. The molecule has 0 bridgehead atoms. The first kappa shape index (κ1) is 34.6. The zero-order valence-electron chi connectivity index (χ0n) is 29.2. The van der Waals surface area contributed by atoms with E-state index in [0.29, 0.717) is 88.3 Å². The summed E-state index contributed by atoms with van der Waals surface area (Å²) in [6.07, 6.45) is 0.130. The number of carbonyl (C=O) groups excluding carboxylic acids is 1. The molecule has 0 fully saturated rings. The minimum atomic E-state index is -0.446. The van der Waals surface area contributed by atoms with Gasteiger partial charge < -0.3 is 53.1 Å². The number of ether oxygens (including phenoxy) is 8. The number of fused-ring (bicyclic) bond motifs is 1. The average Bonchev–Trinajstić information content (AvgIpc) is 3.67. The van der Waals surface area contributed by atoms with Crippen LogP contribution in [0, 0.1) is 0 Å². The van der Waals surface area contributed by atoms with Crippen LogP contribution >= 0.6 is 0 Å². The van der Waals surface area contributed by atoms with Crippen LogP contribution in [-0.4, -0.2) is 66.9 Å². The number of aromatic nitrogens is 1. The molecule has 2 N–H and O–H groups in total. The molecule has 0 radical (unpaired) electrons. The average molecular weight is 698 g/mol. The Morgan fingerprint density at radius 1 is 0.627 bits per heavy atom. The molecule has 51 heavy (non-hydrogen) atoms. The van der Waals surface area contributed by atoms with Crippen molar-refractivity contribution in [2.75, 3.05) is 61.2 Å². The Labute approximate surface area is 295 Å². The Morgan fingerprint density at radius 3 is 2.00 bits per heavy atom. The molecule has 1 atom stereocenters. The number of amides is 1. The second-order valence-electron chi connectivity index (χ2n) is 11.3. The molecule has 0 aliphatic carbocycles. The van der Waals surface area contributed by atoms with Crippen molar-refractivity contribution in [1.82, 2.24) is 10.5 Å². The summed E-state index contributed by atoms with van der Waals surface area (Å²) in [6.45, 7) is 0.723. The summed E-state index contributed by atoms with van der Waals surface area (Å²) in [7, 11) is 9.40. The van der Waals surface area contributed by atoms with Crippen LogP contribution < -0.4 is 48.5 Å². The lowest BCUT2D eigenvalue weighted by molar-refractivity contribution is 0.0935. The lowest BCUT2D eigenvalue weighted by Crippen LogP contribution is -2.38. The van der Waals surface area contributed by atoms with E-state index in [0.717, 1.165) is 16.7 Å². The molecule has 6 rings (SSSR count). The second-order valence-corrected chi connectivity index (χ2v) is 11.3. The molecule has 1 aliphatic rings. The number of nitrogens with zero attached hydrogens (tertiary/aromatic N) is 1. The molecule has 2 heterocycles. The van der Waals surface area contributed by atoms with Crippen molar-refractivity contribution in [3.05, 3.63) is 83.9 Å². The van der Waals surface area contributed by atoms with Crippen LogP contribution in [0.3, 0.4) is 0 Å². The van der Waals surface area contributed by atoms with Crippen LogP contribution in [0.1, 0.15) is 28.5 Å². The van der Waals surface area contributed by atoms with Gasteiger partial charge in [0.2, 0.25) is 5.75 Å². The number of rotatable bonds is 15. The van der Waals surface area contributed by atoms with Crippen LogP contribution in [0.5, 0.6) is 46.0 Å². The molecule has 13 heteroatoms. The smallest absolute Gasteiger partial charge is 0.255 e. The molecule has 0 spiro atoms. The topological polar surface area (TPSA) is 141 Å². The summed E-state index contributed by atoms with van der Waals surface area (Å²) >= 11 is 0. The molecule has 1 amide bonds. The van der Waals surface area contributed by atoms with E-state index in [-0.39, 0.29) is 5.91 Å². The Bertz CT molecular complexity index is 1990. The van der Waals surface area contributed by atoms with E-state index in [2.05, 4.69) is 15.8 Å². The predicted molar refractivity (Wildman–Crippen MR) is 189 cm³/mol. The summed E-state index contributed by atoms with van der Waals surface area (Å²) < 4.78 is 50.7. The number of anilines is 1. The third-order valence-corrected chi connectivity index (χ3v) is 8.29. The van der Waals surface area contributed by atoms with Crippen molar-refractivity contribution in [2.24, 2.45) is 0 Å². The fourth-order valence-electron chi connectivity index (χ4n) is 5.66. The Hall–Kier alpha value is -6.24. The number of methoxy groups -OCH3 is 6. The van der Waals surface area contributed by atoms with Crippen molar-refractivity contribution in [3.8, 4) is 68.6 Å². The highest BCUT2D eigenvalue weighted by atomic mass is 16.5. The van der Waals surface area contributed by atoms with E-state index >= 15 is 0 Å². The van der Waals surface area contributed by atoms with Gasteiger partial charge in [-0.05, 0) is 66.2 Å². The van der Waals surface area contributed by atoms with Crippen molar-refractivity contribution < 1.29 is 47.2 Å². The van der Waals surface area contributed by atoms with Crippen molar-refractivity contribution in [2.45, 2.75) is 12.6 Å². The van der Waals surface area contributed by atoms with Crippen molar-refractivity contribution in [3.63, 3.8) is 0 Å². The van der Waals surface area contributed by atoms with Gasteiger partial charge in [0.25, 0.3) is 5.91 Å². The van der Waals surface area contributed by atoms with Gasteiger partial charge in [-0.2, -0.15) is 0 Å². The first-order chi connectivity index (χ1) is 24.9. The summed E-state index contributed by atoms with van der Waals surface area (Å²) in [5.41, 5.74) is 4.13. The minimum absolute atomic E-state index is 0.199. The van der Waals surface area contributed by atoms with Crippen LogP contribution in [0.15, 0.2) is 77.3 Å². The molecule has 1 aromatic heterocycles. The zero-order chi connectivity index (χ0) is 35.9. The highest BCUT2D eigenvalue weighted by Crippen LogP contribution is 2.42. The molecule has 5 aromatic rings. The Morgan fingerprint density at radius 2 is 1.31 bits per heavy atom. The van der Waals surface area contributed by atoms with Gasteiger partial charge in [0, 0.05) is 29.3 Å². The van der Waals surface area contributed by atoms with Gasteiger partial charge in [0.05, 0.1) is 61.4 Å². The molecular weight excluding hydrogens is 658 g/mol. The maximum Gasteiger partial charge on any atom is 0.255 e. The summed E-state index contributed by atoms with van der Waals surface area (Å²) in [6, 6.07) is 21.8. The van der Waals surface area contributed by atoms with Crippen LogP contribution in [-0.2, 0) is 0 Å². The number of benzene rings is 4. The standard InChI is InChI=1S/C38H39N3O10/c1-43-25-10-11-27-26(20-25)38(42)40-37(39-27)23-9-13-30(32(17-23)45-3)49-14-7-15-50-33-16-22(8-12-29(33)44-2)31-21-28(41-51-31)24-18-34(46-4)36(48-6)35(19-24)47-5/h8-13,16-21,37,39H,7,14-15H2,1-6H3,(H,40,42). The summed E-state index contributed by atoms with van der Waals surface area (Å²) in [4.78, 5) is 12.8. The van der Waals surface area contributed by atoms with E-state index in [1.165, 1.54) is 0 Å². The number of nitrogens with one attached hydrogen (secondary N) is 2. The van der Waals surface area contributed by atoms with Gasteiger partial charge in [-0.25, -0.2) is 0 Å². The third-order valence-electron chi connectivity index (χ3n) is 8.29. The lowest BCUT2D eigenvalue weighted by Gasteiger charge is -2.28. The highest BCUT2D eigenvalue weighted by Gasteiger charge is 2.26.